The van der Waals surface area contributed by atoms with Crippen LogP contribution in [0.4, 0.5) is 17.6 Å². The largest absolute Gasteiger partial charge is 0.451 e. The molecule has 0 spiro atoms. The molecule has 6 nitrogen and oxygen atoms in total. The Hall–Kier alpha value is -3.30. The van der Waals surface area contributed by atoms with Gasteiger partial charge in [0.25, 0.3) is 0 Å². The van der Waals surface area contributed by atoms with Crippen molar-refractivity contribution in [1.29, 1.82) is 0 Å². The molecule has 0 saturated heterocycles. The van der Waals surface area contributed by atoms with Crippen LogP contribution in [-0.4, -0.2) is 29.5 Å². The van der Waals surface area contributed by atoms with Crippen molar-refractivity contribution in [2.75, 3.05) is 0 Å². The van der Waals surface area contributed by atoms with Crippen LogP contribution >= 0.6 is 0 Å². The second-order valence-corrected chi connectivity index (χ2v) is 5.50. The third kappa shape index (κ3) is 2.89. The van der Waals surface area contributed by atoms with Gasteiger partial charge in [-0.05, 0) is 11.6 Å². The summed E-state index contributed by atoms with van der Waals surface area (Å²) in [5.74, 6) is -1.82. The Morgan fingerprint density at radius 2 is 1.92 bits per heavy atom. The first-order chi connectivity index (χ1) is 12.4. The molecule has 0 unspecified atom stereocenters. The lowest BCUT2D eigenvalue weighted by molar-refractivity contribution is -0.144. The van der Waals surface area contributed by atoms with Gasteiger partial charge in [0.1, 0.15) is 11.5 Å². The van der Waals surface area contributed by atoms with Crippen LogP contribution in [0.25, 0.3) is 17.2 Å². The van der Waals surface area contributed by atoms with Gasteiger partial charge in [0.15, 0.2) is 5.65 Å². The van der Waals surface area contributed by atoms with Crippen LogP contribution in [0.1, 0.15) is 17.1 Å². The minimum atomic E-state index is -4.64. The normalized spacial score (nSPS) is 12.0. The predicted molar refractivity (Wildman–Crippen MR) is 82.6 cm³/mol. The van der Waals surface area contributed by atoms with Gasteiger partial charge in [0.2, 0.25) is 11.6 Å². The molecular weight excluding hydrogens is 352 g/mol. The van der Waals surface area contributed by atoms with Crippen molar-refractivity contribution in [1.82, 2.24) is 29.5 Å². The predicted octanol–water partition coefficient (Wildman–Crippen LogP) is 3.26. The summed E-state index contributed by atoms with van der Waals surface area (Å²) in [6.45, 7) is 0. The number of hydrogen-bond acceptors (Lipinski definition) is 4. The van der Waals surface area contributed by atoms with Crippen molar-refractivity contribution in [2.24, 2.45) is 0 Å². The molecule has 1 aromatic carbocycles. The van der Waals surface area contributed by atoms with Gasteiger partial charge in [0, 0.05) is 25.0 Å². The fraction of sp³-hybridized carbons (Fsp3) is 0.125. The number of H-pyrrole nitrogens is 1. The van der Waals surface area contributed by atoms with E-state index in [1.54, 1.807) is 28.8 Å². The lowest BCUT2D eigenvalue weighted by atomic mass is 10.1. The summed E-state index contributed by atoms with van der Waals surface area (Å²) in [7, 11) is 0. The quantitative estimate of drug-likeness (QED) is 0.568. The number of aromatic nitrogens is 6. The Bertz CT molecular complexity index is 1080. The molecule has 3 heterocycles. The van der Waals surface area contributed by atoms with E-state index in [1.807, 2.05) is 5.10 Å². The highest BCUT2D eigenvalue weighted by atomic mass is 19.4. The Morgan fingerprint density at radius 1 is 1.12 bits per heavy atom. The maximum Gasteiger partial charge on any atom is 0.451 e. The van der Waals surface area contributed by atoms with Crippen LogP contribution in [-0.2, 0) is 12.6 Å². The maximum atomic E-state index is 13.9. The molecule has 0 atom stereocenters. The molecule has 0 amide bonds. The number of nitrogens with one attached hydrogen (secondary N) is 1. The first-order valence-corrected chi connectivity index (χ1v) is 7.48. The third-order valence-electron chi connectivity index (χ3n) is 3.74. The molecule has 0 aliphatic carbocycles. The number of rotatable bonds is 3. The average Bonchev–Trinajstić information content (AvgIpc) is 3.25. The second-order valence-electron chi connectivity index (χ2n) is 5.50. The van der Waals surface area contributed by atoms with Crippen molar-refractivity contribution in [3.8, 4) is 11.5 Å². The first kappa shape index (κ1) is 16.2. The fourth-order valence-electron chi connectivity index (χ4n) is 2.55. The van der Waals surface area contributed by atoms with E-state index in [2.05, 4.69) is 20.1 Å². The lowest BCUT2D eigenvalue weighted by Crippen LogP contribution is -2.07. The Labute approximate surface area is 143 Å². The van der Waals surface area contributed by atoms with Gasteiger partial charge in [0.05, 0.1) is 5.69 Å². The number of aromatic amines is 1. The van der Waals surface area contributed by atoms with E-state index in [0.717, 1.165) is 0 Å². The molecule has 4 rings (SSSR count). The van der Waals surface area contributed by atoms with E-state index in [1.165, 1.54) is 18.5 Å². The van der Waals surface area contributed by atoms with Gasteiger partial charge in [-0.3, -0.25) is 5.10 Å². The molecule has 0 radical (unpaired) electrons. The number of benzene rings is 1. The molecule has 132 valence electrons. The topological polar surface area (TPSA) is 71.8 Å². The molecule has 0 aliphatic heterocycles. The van der Waals surface area contributed by atoms with E-state index in [-0.39, 0.29) is 17.9 Å². The highest BCUT2D eigenvalue weighted by molar-refractivity contribution is 5.55. The summed E-state index contributed by atoms with van der Waals surface area (Å²) in [5.41, 5.74) is 1.39. The highest BCUT2D eigenvalue weighted by Crippen LogP contribution is 2.27. The fourth-order valence-corrected chi connectivity index (χ4v) is 2.55. The van der Waals surface area contributed by atoms with Gasteiger partial charge in [-0.25, -0.2) is 19.3 Å². The average molecular weight is 362 g/mol. The van der Waals surface area contributed by atoms with Crippen LogP contribution in [0.5, 0.6) is 0 Å². The molecule has 3 aromatic heterocycles. The zero-order valence-electron chi connectivity index (χ0n) is 13.0. The summed E-state index contributed by atoms with van der Waals surface area (Å²) in [5, 5.41) is 5.44. The Kier molecular flexibility index (Phi) is 3.67. The standard InChI is InChI=1S/C16H10F4N6/c17-10-4-2-1-3-9(10)7-11-14-21-5-6-26(14)8-12(22-11)13-23-15(25-24-13)16(18,19)20/h1-6,8H,7H2,(H,23,24,25). The molecule has 26 heavy (non-hydrogen) atoms. The zero-order chi connectivity index (χ0) is 18.3. The Balaban J connectivity index is 1.80. The molecule has 10 heteroatoms. The Morgan fingerprint density at radius 3 is 2.65 bits per heavy atom. The minimum Gasteiger partial charge on any atom is -0.303 e. The van der Waals surface area contributed by atoms with Gasteiger partial charge in [-0.1, -0.05) is 18.2 Å². The van der Waals surface area contributed by atoms with Crippen LogP contribution in [0.3, 0.4) is 0 Å². The van der Waals surface area contributed by atoms with Gasteiger partial charge < -0.3 is 4.40 Å². The van der Waals surface area contributed by atoms with Crippen molar-refractivity contribution in [2.45, 2.75) is 12.6 Å². The summed E-state index contributed by atoms with van der Waals surface area (Å²) >= 11 is 0. The minimum absolute atomic E-state index is 0.119. The van der Waals surface area contributed by atoms with Gasteiger partial charge in [-0.15, -0.1) is 0 Å². The van der Waals surface area contributed by atoms with Gasteiger partial charge >= 0.3 is 6.18 Å². The summed E-state index contributed by atoms with van der Waals surface area (Å²) in [6, 6.07) is 6.19. The third-order valence-corrected chi connectivity index (χ3v) is 3.74. The molecular formula is C16H10F4N6. The van der Waals surface area contributed by atoms with E-state index in [0.29, 0.717) is 16.9 Å². The van der Waals surface area contributed by atoms with Crippen LogP contribution in [0, 0.1) is 5.82 Å². The molecule has 0 saturated carbocycles. The number of imidazole rings is 1. The molecule has 4 aromatic rings. The number of hydrogen-bond donors (Lipinski definition) is 1. The van der Waals surface area contributed by atoms with Crippen molar-refractivity contribution >= 4 is 5.65 Å². The number of nitrogens with zero attached hydrogens (tertiary/aromatic N) is 5. The van der Waals surface area contributed by atoms with Crippen LogP contribution in [0.15, 0.2) is 42.9 Å². The molecule has 1 N–H and O–H groups in total. The number of fused-ring (bicyclic) bond motifs is 1. The molecule has 0 aliphatic rings. The van der Waals surface area contributed by atoms with E-state index in [9.17, 15) is 17.6 Å². The van der Waals surface area contributed by atoms with Crippen molar-refractivity contribution in [3.63, 3.8) is 0 Å². The monoisotopic (exact) mass is 362 g/mol. The zero-order valence-corrected chi connectivity index (χ0v) is 13.0. The second kappa shape index (κ2) is 5.90. The van der Waals surface area contributed by atoms with Crippen LogP contribution < -0.4 is 0 Å². The summed E-state index contributed by atoms with van der Waals surface area (Å²) in [6.07, 6.45) is 0.0852. The first-order valence-electron chi connectivity index (χ1n) is 7.48. The summed E-state index contributed by atoms with van der Waals surface area (Å²) < 4.78 is 53.7. The SMILES string of the molecule is Fc1ccccc1Cc1nc(-c2n[nH]c(C(F)(F)F)n2)cn2ccnc12. The van der Waals surface area contributed by atoms with Gasteiger partial charge in [-0.2, -0.15) is 18.3 Å². The molecule has 0 fully saturated rings. The van der Waals surface area contributed by atoms with Crippen molar-refractivity contribution < 1.29 is 17.6 Å². The van der Waals surface area contributed by atoms with E-state index < -0.39 is 17.8 Å². The smallest absolute Gasteiger partial charge is 0.303 e. The number of alkyl halides is 3. The maximum absolute atomic E-state index is 13.9. The van der Waals surface area contributed by atoms with Crippen molar-refractivity contribution in [3.05, 3.63) is 65.8 Å². The van der Waals surface area contributed by atoms with E-state index >= 15 is 0 Å². The highest BCUT2D eigenvalue weighted by Gasteiger charge is 2.35. The summed E-state index contributed by atoms with van der Waals surface area (Å²) in [4.78, 5) is 11.9. The number of halogens is 4. The molecule has 0 bridgehead atoms. The lowest BCUT2D eigenvalue weighted by Gasteiger charge is -2.07. The van der Waals surface area contributed by atoms with Crippen LogP contribution in [0.2, 0.25) is 0 Å². The van der Waals surface area contributed by atoms with E-state index in [4.69, 9.17) is 0 Å².